The number of amides is 1. The van der Waals surface area contributed by atoms with Crippen molar-refractivity contribution in [1.82, 2.24) is 4.90 Å². The van der Waals surface area contributed by atoms with Gasteiger partial charge < -0.3 is 19.1 Å². The summed E-state index contributed by atoms with van der Waals surface area (Å²) in [5, 5.41) is 0.579. The van der Waals surface area contributed by atoms with Gasteiger partial charge in [-0.2, -0.15) is 0 Å². The van der Waals surface area contributed by atoms with Crippen LogP contribution in [0.5, 0.6) is 17.2 Å². The molecule has 0 spiro atoms. The van der Waals surface area contributed by atoms with Crippen LogP contribution >= 0.6 is 11.6 Å². The minimum atomic E-state index is -3.17. The highest BCUT2D eigenvalue weighted by atomic mass is 35.5. The van der Waals surface area contributed by atoms with Crippen molar-refractivity contribution in [3.05, 3.63) is 52.5 Å². The molecule has 0 N–H and O–H groups in total. The highest BCUT2D eigenvalue weighted by Gasteiger charge is 2.42. The zero-order chi connectivity index (χ0) is 23.5. The molecule has 2 aromatic carbocycles. The zero-order valence-electron chi connectivity index (χ0n) is 18.7. The Morgan fingerprint density at radius 3 is 2.28 bits per heavy atom. The van der Waals surface area contributed by atoms with Gasteiger partial charge in [0.05, 0.1) is 27.1 Å². The molecule has 1 aliphatic rings. The van der Waals surface area contributed by atoms with Crippen molar-refractivity contribution >= 4 is 27.3 Å². The van der Waals surface area contributed by atoms with Crippen LogP contribution in [0, 0.1) is 0 Å². The van der Waals surface area contributed by atoms with Gasteiger partial charge in [0.15, 0.2) is 11.5 Å². The average molecular weight is 482 g/mol. The molecule has 0 saturated carbocycles. The second kappa shape index (κ2) is 9.58. The van der Waals surface area contributed by atoms with Crippen molar-refractivity contribution in [2.45, 2.75) is 18.3 Å². The summed E-state index contributed by atoms with van der Waals surface area (Å²) in [4.78, 5) is 15.1. The molecule has 1 heterocycles. The van der Waals surface area contributed by atoms with E-state index in [1.165, 1.54) is 27.6 Å². The summed E-state index contributed by atoms with van der Waals surface area (Å²) in [6.45, 7) is 0.879. The van der Waals surface area contributed by atoms with Gasteiger partial charge in [0.2, 0.25) is 5.75 Å². The lowest BCUT2D eigenvalue weighted by atomic mass is 9.77. The van der Waals surface area contributed by atoms with Gasteiger partial charge in [-0.1, -0.05) is 23.7 Å². The maximum Gasteiger partial charge on any atom is 0.254 e. The second-order valence-electron chi connectivity index (χ2n) is 8.06. The molecule has 3 rings (SSSR count). The van der Waals surface area contributed by atoms with Crippen LogP contribution in [-0.2, 0) is 15.3 Å². The van der Waals surface area contributed by atoms with Gasteiger partial charge in [0.1, 0.15) is 9.84 Å². The first kappa shape index (κ1) is 24.2. The third-order valence-corrected chi connectivity index (χ3v) is 7.12. The second-order valence-corrected chi connectivity index (χ2v) is 10.8. The van der Waals surface area contributed by atoms with E-state index >= 15 is 0 Å². The summed E-state index contributed by atoms with van der Waals surface area (Å²) in [5.41, 5.74) is 0.850. The lowest BCUT2D eigenvalue weighted by Crippen LogP contribution is -2.36. The fourth-order valence-electron chi connectivity index (χ4n) is 4.22. The minimum Gasteiger partial charge on any atom is -0.493 e. The number of benzene rings is 2. The Bertz CT molecular complexity index is 1080. The van der Waals surface area contributed by atoms with Crippen LogP contribution in [0.1, 0.15) is 28.8 Å². The number of hydrogen-bond acceptors (Lipinski definition) is 6. The van der Waals surface area contributed by atoms with Crippen LogP contribution in [0.3, 0.4) is 0 Å². The minimum absolute atomic E-state index is 0.0335. The first-order valence-corrected chi connectivity index (χ1v) is 12.6. The summed E-state index contributed by atoms with van der Waals surface area (Å²) < 4.78 is 39.9. The molecular weight excluding hydrogens is 454 g/mol. The van der Waals surface area contributed by atoms with Gasteiger partial charge in [-0.15, -0.1) is 0 Å². The van der Waals surface area contributed by atoms with Gasteiger partial charge >= 0.3 is 0 Å². The Labute approximate surface area is 194 Å². The number of ether oxygens (including phenoxy) is 3. The van der Waals surface area contributed by atoms with Crippen molar-refractivity contribution in [2.24, 2.45) is 0 Å². The van der Waals surface area contributed by atoms with Crippen molar-refractivity contribution in [3.63, 3.8) is 0 Å². The van der Waals surface area contributed by atoms with E-state index in [-0.39, 0.29) is 11.7 Å². The Morgan fingerprint density at radius 2 is 1.75 bits per heavy atom. The van der Waals surface area contributed by atoms with E-state index in [9.17, 15) is 13.2 Å². The summed E-state index contributed by atoms with van der Waals surface area (Å²) in [6.07, 6.45) is 2.27. The Hall–Kier alpha value is -2.45. The lowest BCUT2D eigenvalue weighted by molar-refractivity contribution is 0.0782. The maximum absolute atomic E-state index is 13.4. The van der Waals surface area contributed by atoms with Crippen LogP contribution in [0.25, 0.3) is 0 Å². The normalized spacial score (nSPS) is 18.5. The van der Waals surface area contributed by atoms with Gasteiger partial charge in [0.25, 0.3) is 5.91 Å². The van der Waals surface area contributed by atoms with Crippen molar-refractivity contribution in [3.8, 4) is 17.2 Å². The Balaban J connectivity index is 1.94. The number of carbonyl (C=O) groups excluding carboxylic acids is 1. The SMILES string of the molecule is COc1cc(C(=O)N2CCC(CCS(C)(=O)=O)(c3cccc(Cl)c3)C2)cc(OC)c1OC. The Kier molecular flexibility index (Phi) is 7.25. The fraction of sp³-hybridized carbons (Fsp3) is 0.435. The number of hydrogen-bond donors (Lipinski definition) is 0. The number of rotatable bonds is 8. The largest absolute Gasteiger partial charge is 0.493 e. The third-order valence-electron chi connectivity index (χ3n) is 5.94. The Morgan fingerprint density at radius 1 is 1.09 bits per heavy atom. The van der Waals surface area contributed by atoms with Crippen LogP contribution in [-0.4, -0.2) is 65.7 Å². The number of likely N-dealkylation sites (tertiary alicyclic amines) is 1. The van der Waals surface area contributed by atoms with E-state index in [2.05, 4.69) is 0 Å². The molecule has 1 amide bonds. The highest BCUT2D eigenvalue weighted by Crippen LogP contribution is 2.42. The van der Waals surface area contributed by atoms with E-state index in [0.717, 1.165) is 5.56 Å². The predicted molar refractivity (Wildman–Crippen MR) is 124 cm³/mol. The summed E-state index contributed by atoms with van der Waals surface area (Å²) in [7, 11) is 1.33. The number of carbonyl (C=O) groups is 1. The monoisotopic (exact) mass is 481 g/mol. The summed E-state index contributed by atoms with van der Waals surface area (Å²) in [5.74, 6) is 1.05. The van der Waals surface area contributed by atoms with E-state index in [4.69, 9.17) is 25.8 Å². The number of halogens is 1. The molecule has 2 aromatic rings. The lowest BCUT2D eigenvalue weighted by Gasteiger charge is -2.30. The topological polar surface area (TPSA) is 82.1 Å². The molecule has 7 nitrogen and oxygen atoms in total. The van der Waals surface area contributed by atoms with E-state index in [1.807, 2.05) is 18.2 Å². The molecule has 1 fully saturated rings. The molecule has 0 radical (unpaired) electrons. The summed E-state index contributed by atoms with van der Waals surface area (Å²) in [6, 6.07) is 10.7. The van der Waals surface area contributed by atoms with Crippen LogP contribution in [0.4, 0.5) is 0 Å². The number of nitrogens with zero attached hydrogens (tertiary/aromatic N) is 1. The molecule has 0 aromatic heterocycles. The van der Waals surface area contributed by atoms with Crippen LogP contribution in [0.15, 0.2) is 36.4 Å². The quantitative estimate of drug-likeness (QED) is 0.573. The van der Waals surface area contributed by atoms with Crippen molar-refractivity contribution in [2.75, 3.05) is 46.4 Å². The molecule has 0 aliphatic carbocycles. The molecule has 1 atom stereocenters. The molecule has 32 heavy (non-hydrogen) atoms. The van der Waals surface area contributed by atoms with Gasteiger partial charge in [-0.05, 0) is 42.7 Å². The smallest absolute Gasteiger partial charge is 0.254 e. The first-order chi connectivity index (χ1) is 15.1. The molecule has 1 unspecified atom stereocenters. The van der Waals surface area contributed by atoms with E-state index < -0.39 is 15.3 Å². The third kappa shape index (κ3) is 5.13. The van der Waals surface area contributed by atoms with Crippen LogP contribution < -0.4 is 14.2 Å². The molecule has 1 aliphatic heterocycles. The van der Waals surface area contributed by atoms with Gasteiger partial charge in [0, 0.05) is 35.3 Å². The molecular formula is C23H28ClNO6S. The average Bonchev–Trinajstić information content (AvgIpc) is 3.21. The van der Waals surface area contributed by atoms with Crippen LogP contribution in [0.2, 0.25) is 5.02 Å². The van der Waals surface area contributed by atoms with Crippen molar-refractivity contribution < 1.29 is 27.4 Å². The fourth-order valence-corrected chi connectivity index (χ4v) is 5.17. The molecule has 9 heteroatoms. The predicted octanol–water partition coefficient (Wildman–Crippen LogP) is 3.58. The molecule has 0 bridgehead atoms. The van der Waals surface area contributed by atoms with Crippen molar-refractivity contribution in [1.29, 1.82) is 0 Å². The zero-order valence-corrected chi connectivity index (χ0v) is 20.3. The molecule has 174 valence electrons. The number of methoxy groups -OCH3 is 3. The summed E-state index contributed by atoms with van der Waals surface area (Å²) >= 11 is 6.23. The van der Waals surface area contributed by atoms with Gasteiger partial charge in [-0.25, -0.2) is 8.42 Å². The maximum atomic E-state index is 13.4. The highest BCUT2D eigenvalue weighted by molar-refractivity contribution is 7.90. The van der Waals surface area contributed by atoms with E-state index in [1.54, 1.807) is 23.1 Å². The standard InChI is InChI=1S/C23H28ClNO6S/c1-29-19-12-16(13-20(30-2)21(19)31-3)22(26)25-10-8-23(15-25,9-11-32(4,27)28)17-6-5-7-18(24)14-17/h5-7,12-14H,8-11,15H2,1-4H3. The van der Waals surface area contributed by atoms with E-state index in [0.29, 0.717) is 53.8 Å². The number of sulfone groups is 1. The molecule has 1 saturated heterocycles. The first-order valence-electron chi connectivity index (χ1n) is 10.2. The van der Waals surface area contributed by atoms with Gasteiger partial charge in [-0.3, -0.25) is 4.79 Å².